The van der Waals surface area contributed by atoms with Crippen LogP contribution in [0.5, 0.6) is 0 Å². The Morgan fingerprint density at radius 2 is 2.41 bits per heavy atom. The van der Waals surface area contributed by atoms with E-state index in [4.69, 9.17) is 5.11 Å². The largest absolute Gasteiger partial charge is 0.480 e. The molecule has 8 nitrogen and oxygen atoms in total. The summed E-state index contributed by atoms with van der Waals surface area (Å²) in [5, 5.41) is 18.2. The van der Waals surface area contributed by atoms with Crippen LogP contribution in [0.4, 0.5) is 4.79 Å². The van der Waals surface area contributed by atoms with E-state index in [-0.39, 0.29) is 13.2 Å². The lowest BCUT2D eigenvalue weighted by Crippen LogP contribution is -2.44. The van der Waals surface area contributed by atoms with E-state index in [0.717, 1.165) is 0 Å². The summed E-state index contributed by atoms with van der Waals surface area (Å²) in [6, 6.07) is -1.13. The number of carbonyl (C=O) groups excluding carboxylic acids is 1. The Balaban J connectivity index is 2.51. The predicted octanol–water partition coefficient (Wildman–Crippen LogP) is -0.357. The lowest BCUT2D eigenvalue weighted by atomic mass is 10.3. The maximum Gasteiger partial charge on any atom is 0.408 e. The Labute approximate surface area is 96.9 Å². The standard InChI is InChI=1S/C9H12N4O4/c1-2-5-17-9(16)11-7(8(14)15)6-13-4-3-10-12-13/h2-4,7H,1,5-6H2,(H,11,16)(H,14,15). The molecule has 0 aliphatic rings. The van der Waals surface area contributed by atoms with E-state index in [9.17, 15) is 9.59 Å². The first-order valence-electron chi connectivity index (χ1n) is 4.74. The van der Waals surface area contributed by atoms with Gasteiger partial charge in [-0.3, -0.25) is 0 Å². The van der Waals surface area contributed by atoms with Gasteiger partial charge in [-0.15, -0.1) is 5.10 Å². The molecule has 2 N–H and O–H groups in total. The minimum atomic E-state index is -1.18. The van der Waals surface area contributed by atoms with Crippen molar-refractivity contribution < 1.29 is 19.4 Å². The molecule has 0 fully saturated rings. The van der Waals surface area contributed by atoms with Gasteiger partial charge in [-0.2, -0.15) is 0 Å². The van der Waals surface area contributed by atoms with Crippen LogP contribution in [-0.4, -0.2) is 44.8 Å². The summed E-state index contributed by atoms with van der Waals surface area (Å²) < 4.78 is 5.91. The van der Waals surface area contributed by atoms with Crippen LogP contribution in [0.25, 0.3) is 0 Å². The Hall–Kier alpha value is -2.38. The SMILES string of the molecule is C=CCOC(=O)NC(Cn1ccnn1)C(=O)O. The first-order valence-corrected chi connectivity index (χ1v) is 4.74. The zero-order chi connectivity index (χ0) is 12.7. The molecule has 1 aromatic heterocycles. The summed E-state index contributed by atoms with van der Waals surface area (Å²) in [4.78, 5) is 22.0. The molecule has 0 bridgehead atoms. The van der Waals surface area contributed by atoms with Crippen molar-refractivity contribution in [2.45, 2.75) is 12.6 Å². The summed E-state index contributed by atoms with van der Waals surface area (Å²) >= 11 is 0. The predicted molar refractivity (Wildman–Crippen MR) is 56.1 cm³/mol. The van der Waals surface area contributed by atoms with Gasteiger partial charge in [0.25, 0.3) is 0 Å². The molecule has 0 saturated carbocycles. The number of alkyl carbamates (subject to hydrolysis) is 1. The zero-order valence-corrected chi connectivity index (χ0v) is 8.94. The van der Waals surface area contributed by atoms with Crippen molar-refractivity contribution in [3.05, 3.63) is 25.0 Å². The van der Waals surface area contributed by atoms with Gasteiger partial charge >= 0.3 is 12.1 Å². The molecule has 0 aromatic carbocycles. The molecular formula is C9H12N4O4. The number of rotatable bonds is 6. The van der Waals surface area contributed by atoms with Crippen LogP contribution in [0.3, 0.4) is 0 Å². The van der Waals surface area contributed by atoms with Crippen LogP contribution >= 0.6 is 0 Å². The fraction of sp³-hybridized carbons (Fsp3) is 0.333. The smallest absolute Gasteiger partial charge is 0.408 e. The number of hydrogen-bond acceptors (Lipinski definition) is 5. The van der Waals surface area contributed by atoms with Gasteiger partial charge in [-0.1, -0.05) is 17.9 Å². The molecule has 1 heterocycles. The van der Waals surface area contributed by atoms with Crippen molar-refractivity contribution >= 4 is 12.1 Å². The van der Waals surface area contributed by atoms with Crippen LogP contribution in [0.2, 0.25) is 0 Å². The molecule has 1 rings (SSSR count). The number of amides is 1. The fourth-order valence-corrected chi connectivity index (χ4v) is 1.02. The van der Waals surface area contributed by atoms with E-state index in [0.29, 0.717) is 0 Å². The van der Waals surface area contributed by atoms with Gasteiger partial charge in [-0.25, -0.2) is 14.3 Å². The molecule has 0 aliphatic carbocycles. The number of carboxylic acid groups (broad SMARTS) is 1. The highest BCUT2D eigenvalue weighted by Gasteiger charge is 2.21. The third-order valence-corrected chi connectivity index (χ3v) is 1.76. The van der Waals surface area contributed by atoms with Crippen molar-refractivity contribution in [1.29, 1.82) is 0 Å². The van der Waals surface area contributed by atoms with Crippen molar-refractivity contribution in [1.82, 2.24) is 20.3 Å². The van der Waals surface area contributed by atoms with Gasteiger partial charge in [0.2, 0.25) is 0 Å². The van der Waals surface area contributed by atoms with E-state index in [1.807, 2.05) is 0 Å². The number of carboxylic acids is 1. The second kappa shape index (κ2) is 6.26. The van der Waals surface area contributed by atoms with E-state index in [2.05, 4.69) is 26.9 Å². The zero-order valence-electron chi connectivity index (χ0n) is 8.94. The van der Waals surface area contributed by atoms with Crippen LogP contribution in [0.1, 0.15) is 0 Å². The maximum atomic E-state index is 11.2. The number of aromatic nitrogens is 3. The number of nitrogens with zero attached hydrogens (tertiary/aromatic N) is 3. The molecule has 8 heteroatoms. The Morgan fingerprint density at radius 1 is 1.65 bits per heavy atom. The van der Waals surface area contributed by atoms with Crippen LogP contribution in [0.15, 0.2) is 25.0 Å². The second-order valence-corrected chi connectivity index (χ2v) is 3.05. The molecule has 1 amide bonds. The van der Waals surface area contributed by atoms with Crippen molar-refractivity contribution in [3.63, 3.8) is 0 Å². The molecule has 92 valence electrons. The van der Waals surface area contributed by atoms with Gasteiger partial charge in [0, 0.05) is 6.20 Å². The Morgan fingerprint density at radius 3 is 2.94 bits per heavy atom. The summed E-state index contributed by atoms with van der Waals surface area (Å²) in [6.45, 7) is 3.35. The van der Waals surface area contributed by atoms with Crippen molar-refractivity contribution in [2.75, 3.05) is 6.61 Å². The van der Waals surface area contributed by atoms with Gasteiger partial charge in [0.15, 0.2) is 0 Å². The quantitative estimate of drug-likeness (QED) is 0.658. The molecule has 0 aliphatic heterocycles. The van der Waals surface area contributed by atoms with Crippen LogP contribution in [0, 0.1) is 0 Å². The van der Waals surface area contributed by atoms with Crippen LogP contribution < -0.4 is 5.32 Å². The molecular weight excluding hydrogens is 228 g/mol. The minimum Gasteiger partial charge on any atom is -0.480 e. The highest BCUT2D eigenvalue weighted by Crippen LogP contribution is 1.92. The summed E-state index contributed by atoms with van der Waals surface area (Å²) in [6.07, 6.45) is 3.46. The molecule has 0 spiro atoms. The number of nitrogens with one attached hydrogen (secondary N) is 1. The average molecular weight is 240 g/mol. The summed E-state index contributed by atoms with van der Waals surface area (Å²) in [5.74, 6) is -1.18. The third-order valence-electron chi connectivity index (χ3n) is 1.76. The van der Waals surface area contributed by atoms with Crippen LogP contribution in [-0.2, 0) is 16.1 Å². The first-order chi connectivity index (χ1) is 8.13. The normalized spacial score (nSPS) is 11.5. The molecule has 1 atom stereocenters. The number of hydrogen-bond donors (Lipinski definition) is 2. The van der Waals surface area contributed by atoms with E-state index < -0.39 is 18.1 Å². The topological polar surface area (TPSA) is 106 Å². The van der Waals surface area contributed by atoms with E-state index >= 15 is 0 Å². The van der Waals surface area contributed by atoms with E-state index in [1.165, 1.54) is 23.2 Å². The van der Waals surface area contributed by atoms with Gasteiger partial charge < -0.3 is 15.2 Å². The summed E-state index contributed by atoms with van der Waals surface area (Å²) in [7, 11) is 0. The first kappa shape index (κ1) is 12.7. The molecule has 1 aromatic rings. The molecule has 17 heavy (non-hydrogen) atoms. The van der Waals surface area contributed by atoms with Crippen molar-refractivity contribution in [2.24, 2.45) is 0 Å². The number of aliphatic carboxylic acids is 1. The Kier molecular flexibility index (Phi) is 4.67. The molecule has 0 radical (unpaired) electrons. The number of carbonyl (C=O) groups is 2. The monoisotopic (exact) mass is 240 g/mol. The van der Waals surface area contributed by atoms with Crippen molar-refractivity contribution in [3.8, 4) is 0 Å². The minimum absolute atomic E-state index is 0.0154. The fourth-order valence-electron chi connectivity index (χ4n) is 1.02. The van der Waals surface area contributed by atoms with Gasteiger partial charge in [-0.05, 0) is 0 Å². The third kappa shape index (κ3) is 4.33. The molecule has 0 saturated heterocycles. The highest BCUT2D eigenvalue weighted by molar-refractivity contribution is 5.79. The Bertz CT molecular complexity index is 390. The maximum absolute atomic E-state index is 11.2. The second-order valence-electron chi connectivity index (χ2n) is 3.05. The summed E-state index contributed by atoms with van der Waals surface area (Å²) in [5.41, 5.74) is 0. The average Bonchev–Trinajstić information content (AvgIpc) is 2.78. The number of ether oxygens (including phenoxy) is 1. The lowest BCUT2D eigenvalue weighted by Gasteiger charge is -2.13. The molecule has 1 unspecified atom stereocenters. The van der Waals surface area contributed by atoms with Gasteiger partial charge in [0.05, 0.1) is 12.7 Å². The van der Waals surface area contributed by atoms with E-state index in [1.54, 1.807) is 0 Å². The van der Waals surface area contributed by atoms with Gasteiger partial charge in [0.1, 0.15) is 12.6 Å². The highest BCUT2D eigenvalue weighted by atomic mass is 16.5. The lowest BCUT2D eigenvalue weighted by molar-refractivity contribution is -0.139.